The lowest BCUT2D eigenvalue weighted by molar-refractivity contribution is 0.0952. The monoisotopic (exact) mass is 413 g/mol. The van der Waals surface area contributed by atoms with Crippen LogP contribution in [0.25, 0.3) is 10.9 Å². The Balaban J connectivity index is 1.29. The fourth-order valence-corrected chi connectivity index (χ4v) is 4.67. The molecule has 0 bridgehead atoms. The van der Waals surface area contributed by atoms with Crippen LogP contribution < -0.4 is 10.6 Å². The van der Waals surface area contributed by atoms with Gasteiger partial charge in [-0.25, -0.2) is 0 Å². The molecule has 0 unspecified atom stereocenters. The largest absolute Gasteiger partial charge is 0.361 e. The predicted molar refractivity (Wildman–Crippen MR) is 119 cm³/mol. The van der Waals surface area contributed by atoms with E-state index in [0.29, 0.717) is 23.4 Å². The third-order valence-corrected chi connectivity index (χ3v) is 6.35. The standard InChI is InChI=1S/C24H19N3O2S/c28-23(25-12-11-16-14-26-19-7-3-1-5-17(16)19)15-9-10-22-20(13-15)27-24(29)18-6-2-4-8-21(18)30-22/h1-10,13-14,26H,11-12H2,(H,25,28)(H,27,29). The maximum absolute atomic E-state index is 12.7. The van der Waals surface area contributed by atoms with E-state index in [1.165, 1.54) is 22.7 Å². The summed E-state index contributed by atoms with van der Waals surface area (Å²) in [6, 6.07) is 21.1. The van der Waals surface area contributed by atoms with Crippen LogP contribution in [-0.4, -0.2) is 23.3 Å². The van der Waals surface area contributed by atoms with E-state index < -0.39 is 0 Å². The second kappa shape index (κ2) is 7.72. The van der Waals surface area contributed by atoms with Crippen LogP contribution in [-0.2, 0) is 6.42 Å². The molecule has 1 aliphatic heterocycles. The van der Waals surface area contributed by atoms with E-state index in [9.17, 15) is 9.59 Å². The van der Waals surface area contributed by atoms with Gasteiger partial charge in [-0.3, -0.25) is 9.59 Å². The average Bonchev–Trinajstić information content (AvgIpc) is 3.11. The van der Waals surface area contributed by atoms with Crippen LogP contribution in [0.15, 0.2) is 82.7 Å². The Morgan fingerprint density at radius 3 is 2.73 bits per heavy atom. The van der Waals surface area contributed by atoms with Crippen LogP contribution in [0.3, 0.4) is 0 Å². The molecule has 0 spiro atoms. The smallest absolute Gasteiger partial charge is 0.256 e. The highest BCUT2D eigenvalue weighted by Crippen LogP contribution is 2.38. The molecule has 148 valence electrons. The van der Waals surface area contributed by atoms with Crippen molar-refractivity contribution in [2.24, 2.45) is 0 Å². The molecule has 2 amide bonds. The van der Waals surface area contributed by atoms with Gasteiger partial charge in [0.15, 0.2) is 0 Å². The second-order valence-electron chi connectivity index (χ2n) is 7.13. The normalized spacial score (nSPS) is 12.6. The maximum Gasteiger partial charge on any atom is 0.256 e. The SMILES string of the molecule is O=C(NCCc1c[nH]c2ccccc12)c1ccc2c(c1)NC(=O)c1ccccc1S2. The van der Waals surface area contributed by atoms with Crippen molar-refractivity contribution in [2.75, 3.05) is 11.9 Å². The second-order valence-corrected chi connectivity index (χ2v) is 8.21. The fraction of sp³-hybridized carbons (Fsp3) is 0.0833. The van der Waals surface area contributed by atoms with Crippen molar-refractivity contribution in [1.29, 1.82) is 0 Å². The maximum atomic E-state index is 12.7. The number of anilines is 1. The summed E-state index contributed by atoms with van der Waals surface area (Å²) in [7, 11) is 0. The van der Waals surface area contributed by atoms with Gasteiger partial charge in [0.05, 0.1) is 11.3 Å². The molecule has 5 nitrogen and oxygen atoms in total. The minimum Gasteiger partial charge on any atom is -0.361 e. The molecule has 30 heavy (non-hydrogen) atoms. The van der Waals surface area contributed by atoms with Crippen molar-refractivity contribution in [3.8, 4) is 0 Å². The first-order chi connectivity index (χ1) is 14.7. The number of carbonyl (C=O) groups is 2. The summed E-state index contributed by atoms with van der Waals surface area (Å²) in [5, 5.41) is 7.09. The number of para-hydroxylation sites is 1. The molecule has 2 heterocycles. The molecule has 3 aromatic carbocycles. The molecular weight excluding hydrogens is 394 g/mol. The van der Waals surface area contributed by atoms with Crippen LogP contribution in [0.4, 0.5) is 5.69 Å². The molecule has 4 aromatic rings. The first kappa shape index (κ1) is 18.5. The number of aromatic nitrogens is 1. The van der Waals surface area contributed by atoms with Crippen molar-refractivity contribution in [3.63, 3.8) is 0 Å². The van der Waals surface area contributed by atoms with Crippen LogP contribution in [0.2, 0.25) is 0 Å². The van der Waals surface area contributed by atoms with Gasteiger partial charge in [0.25, 0.3) is 11.8 Å². The van der Waals surface area contributed by atoms with E-state index >= 15 is 0 Å². The number of hydrogen-bond acceptors (Lipinski definition) is 3. The quantitative estimate of drug-likeness (QED) is 0.447. The zero-order valence-electron chi connectivity index (χ0n) is 16.1. The molecule has 1 aliphatic rings. The number of carbonyl (C=O) groups excluding carboxylic acids is 2. The Hall–Kier alpha value is -3.51. The number of aromatic amines is 1. The highest BCUT2D eigenvalue weighted by molar-refractivity contribution is 7.99. The summed E-state index contributed by atoms with van der Waals surface area (Å²) in [5.41, 5.74) is 4.10. The molecule has 0 saturated carbocycles. The number of nitrogens with one attached hydrogen (secondary N) is 3. The van der Waals surface area contributed by atoms with Gasteiger partial charge in [-0.1, -0.05) is 42.1 Å². The van der Waals surface area contributed by atoms with E-state index in [1.54, 1.807) is 12.1 Å². The van der Waals surface area contributed by atoms with Gasteiger partial charge >= 0.3 is 0 Å². The number of amides is 2. The molecule has 1 aromatic heterocycles. The third-order valence-electron chi connectivity index (χ3n) is 5.20. The summed E-state index contributed by atoms with van der Waals surface area (Å²) in [6.07, 6.45) is 2.73. The highest BCUT2D eigenvalue weighted by Gasteiger charge is 2.20. The Bertz CT molecular complexity index is 1280. The van der Waals surface area contributed by atoms with Gasteiger partial charge in [0.2, 0.25) is 0 Å². The van der Waals surface area contributed by atoms with Crippen LogP contribution >= 0.6 is 11.8 Å². The topological polar surface area (TPSA) is 74.0 Å². The van der Waals surface area contributed by atoms with Gasteiger partial charge in [-0.05, 0) is 48.4 Å². The van der Waals surface area contributed by atoms with Gasteiger partial charge in [0, 0.05) is 39.0 Å². The molecule has 3 N–H and O–H groups in total. The van der Waals surface area contributed by atoms with Crippen molar-refractivity contribution in [3.05, 3.63) is 89.6 Å². The van der Waals surface area contributed by atoms with E-state index in [-0.39, 0.29) is 11.8 Å². The molecule has 5 rings (SSSR count). The van der Waals surface area contributed by atoms with E-state index in [4.69, 9.17) is 0 Å². The summed E-state index contributed by atoms with van der Waals surface area (Å²) >= 11 is 1.53. The lowest BCUT2D eigenvalue weighted by atomic mass is 10.1. The van der Waals surface area contributed by atoms with E-state index in [2.05, 4.69) is 21.7 Å². The lowest BCUT2D eigenvalue weighted by Gasteiger charge is -2.10. The average molecular weight is 414 g/mol. The van der Waals surface area contributed by atoms with Crippen LogP contribution in [0.1, 0.15) is 26.3 Å². The predicted octanol–water partition coefficient (Wildman–Crippen LogP) is 4.86. The van der Waals surface area contributed by atoms with Crippen molar-refractivity contribution >= 4 is 40.2 Å². The number of rotatable bonds is 4. The Labute approximate surface area is 177 Å². The molecule has 0 saturated heterocycles. The van der Waals surface area contributed by atoms with Crippen molar-refractivity contribution in [2.45, 2.75) is 16.2 Å². The van der Waals surface area contributed by atoms with Crippen LogP contribution in [0, 0.1) is 0 Å². The summed E-state index contributed by atoms with van der Waals surface area (Å²) in [6.45, 7) is 0.532. The number of fused-ring (bicyclic) bond motifs is 3. The minimum atomic E-state index is -0.159. The molecule has 0 radical (unpaired) electrons. The van der Waals surface area contributed by atoms with Crippen LogP contribution in [0.5, 0.6) is 0 Å². The fourth-order valence-electron chi connectivity index (χ4n) is 3.66. The third kappa shape index (κ3) is 3.46. The first-order valence-electron chi connectivity index (χ1n) is 9.74. The highest BCUT2D eigenvalue weighted by atomic mass is 32.2. The van der Waals surface area contributed by atoms with Gasteiger partial charge in [-0.15, -0.1) is 0 Å². The molecule has 0 aliphatic carbocycles. The summed E-state index contributed by atoms with van der Waals surface area (Å²) < 4.78 is 0. The summed E-state index contributed by atoms with van der Waals surface area (Å²) in [4.78, 5) is 30.3. The first-order valence-corrected chi connectivity index (χ1v) is 10.6. The summed E-state index contributed by atoms with van der Waals surface area (Å²) in [5.74, 6) is -0.313. The zero-order valence-corrected chi connectivity index (χ0v) is 16.9. The Morgan fingerprint density at radius 2 is 1.80 bits per heavy atom. The van der Waals surface area contributed by atoms with Crippen molar-refractivity contribution < 1.29 is 9.59 Å². The molecular formula is C24H19N3O2S. The van der Waals surface area contributed by atoms with E-state index in [1.807, 2.05) is 54.7 Å². The molecule has 0 atom stereocenters. The number of hydrogen-bond donors (Lipinski definition) is 3. The zero-order chi connectivity index (χ0) is 20.5. The van der Waals surface area contributed by atoms with Gasteiger partial charge < -0.3 is 15.6 Å². The van der Waals surface area contributed by atoms with Gasteiger partial charge in [0.1, 0.15) is 0 Å². The Morgan fingerprint density at radius 1 is 0.967 bits per heavy atom. The van der Waals surface area contributed by atoms with Gasteiger partial charge in [-0.2, -0.15) is 0 Å². The minimum absolute atomic E-state index is 0.154. The molecule has 6 heteroatoms. The molecule has 0 fully saturated rings. The van der Waals surface area contributed by atoms with Crippen molar-refractivity contribution in [1.82, 2.24) is 10.3 Å². The lowest BCUT2D eigenvalue weighted by Crippen LogP contribution is -2.25. The Kier molecular flexibility index (Phi) is 4.77. The van der Waals surface area contributed by atoms with E-state index in [0.717, 1.165) is 21.7 Å². The number of H-pyrrole nitrogens is 1. The number of benzene rings is 3.